The van der Waals surface area contributed by atoms with Gasteiger partial charge in [-0.05, 0) is 49.9 Å². The van der Waals surface area contributed by atoms with E-state index in [0.717, 1.165) is 29.7 Å². The van der Waals surface area contributed by atoms with Gasteiger partial charge in [-0.15, -0.1) is 0 Å². The van der Waals surface area contributed by atoms with Gasteiger partial charge in [0.05, 0.1) is 11.7 Å². The Morgan fingerprint density at radius 2 is 1.61 bits per heavy atom. The maximum absolute atomic E-state index is 12.8. The molecule has 0 bridgehead atoms. The van der Waals surface area contributed by atoms with Crippen LogP contribution < -0.4 is 10.1 Å². The van der Waals surface area contributed by atoms with Crippen molar-refractivity contribution in [3.63, 3.8) is 0 Å². The molecule has 0 aliphatic heterocycles. The molecule has 0 unspecified atom stereocenters. The first-order chi connectivity index (χ1) is 11.1. The number of para-hydroxylation sites is 2. The summed E-state index contributed by atoms with van der Waals surface area (Å²) in [6.07, 6.45) is 1.79. The smallest absolute Gasteiger partial charge is 0.259 e. The van der Waals surface area contributed by atoms with Gasteiger partial charge in [-0.25, -0.2) is 0 Å². The number of benzene rings is 2. The molecule has 0 aliphatic carbocycles. The molecule has 1 amide bonds. The van der Waals surface area contributed by atoms with Crippen LogP contribution in [0.1, 0.15) is 49.2 Å². The van der Waals surface area contributed by atoms with Gasteiger partial charge in [-0.2, -0.15) is 0 Å². The summed E-state index contributed by atoms with van der Waals surface area (Å²) in [5.74, 6) is 0.490. The van der Waals surface area contributed by atoms with E-state index in [-0.39, 0.29) is 12.0 Å². The number of ether oxygens (including phenoxy) is 1. The average Bonchev–Trinajstić information content (AvgIpc) is 2.54. The van der Waals surface area contributed by atoms with E-state index in [9.17, 15) is 4.79 Å². The molecular formula is C20H25NO2. The van der Waals surface area contributed by atoms with Gasteiger partial charge in [0.1, 0.15) is 5.75 Å². The molecule has 0 radical (unpaired) electrons. The van der Waals surface area contributed by atoms with E-state index in [1.165, 1.54) is 0 Å². The summed E-state index contributed by atoms with van der Waals surface area (Å²) in [4.78, 5) is 12.8. The van der Waals surface area contributed by atoms with E-state index in [1.807, 2.05) is 38.1 Å². The van der Waals surface area contributed by atoms with Crippen LogP contribution in [-0.4, -0.2) is 12.0 Å². The predicted molar refractivity (Wildman–Crippen MR) is 95.4 cm³/mol. The molecule has 2 aromatic rings. The van der Waals surface area contributed by atoms with Gasteiger partial charge in [0, 0.05) is 5.69 Å². The van der Waals surface area contributed by atoms with Gasteiger partial charge in [0.25, 0.3) is 5.91 Å². The van der Waals surface area contributed by atoms with Crippen LogP contribution in [0.5, 0.6) is 5.75 Å². The Kier molecular flexibility index (Phi) is 5.80. The van der Waals surface area contributed by atoms with E-state index in [0.29, 0.717) is 11.3 Å². The summed E-state index contributed by atoms with van der Waals surface area (Å²) in [5, 5.41) is 3.09. The third-order valence-electron chi connectivity index (χ3n) is 3.73. The quantitative estimate of drug-likeness (QED) is 0.828. The molecule has 0 aliphatic rings. The maximum Gasteiger partial charge on any atom is 0.259 e. The van der Waals surface area contributed by atoms with Gasteiger partial charge >= 0.3 is 0 Å². The lowest BCUT2D eigenvalue weighted by molar-refractivity contribution is 0.102. The SMILES string of the molecule is CCc1cccc(CC)c1NC(=O)c1ccccc1OC(C)C. The number of carbonyl (C=O) groups is 1. The first kappa shape index (κ1) is 17.1. The molecule has 0 heterocycles. The second-order valence-electron chi connectivity index (χ2n) is 5.78. The fourth-order valence-electron chi connectivity index (χ4n) is 2.59. The third kappa shape index (κ3) is 4.13. The van der Waals surface area contributed by atoms with Crippen LogP contribution in [0.4, 0.5) is 5.69 Å². The van der Waals surface area contributed by atoms with E-state index in [2.05, 4.69) is 31.3 Å². The Bertz CT molecular complexity index is 655. The fourth-order valence-corrected chi connectivity index (χ4v) is 2.59. The molecular weight excluding hydrogens is 286 g/mol. The molecule has 23 heavy (non-hydrogen) atoms. The number of hydrogen-bond acceptors (Lipinski definition) is 2. The second-order valence-corrected chi connectivity index (χ2v) is 5.78. The fraction of sp³-hybridized carbons (Fsp3) is 0.350. The van der Waals surface area contributed by atoms with Crippen molar-refractivity contribution in [1.29, 1.82) is 0 Å². The van der Waals surface area contributed by atoms with Crippen LogP contribution in [0, 0.1) is 0 Å². The molecule has 0 fully saturated rings. The summed E-state index contributed by atoms with van der Waals surface area (Å²) < 4.78 is 5.76. The first-order valence-electron chi connectivity index (χ1n) is 8.24. The molecule has 0 saturated carbocycles. The molecule has 0 atom stereocenters. The van der Waals surface area contributed by atoms with Crippen molar-refractivity contribution in [2.75, 3.05) is 5.32 Å². The minimum absolute atomic E-state index is 0.0260. The van der Waals surface area contributed by atoms with Crippen LogP contribution in [0.15, 0.2) is 42.5 Å². The Morgan fingerprint density at radius 3 is 2.17 bits per heavy atom. The first-order valence-corrected chi connectivity index (χ1v) is 8.24. The number of carbonyl (C=O) groups excluding carboxylic acids is 1. The van der Waals surface area contributed by atoms with Crippen molar-refractivity contribution in [2.24, 2.45) is 0 Å². The number of hydrogen-bond donors (Lipinski definition) is 1. The van der Waals surface area contributed by atoms with Crippen molar-refractivity contribution < 1.29 is 9.53 Å². The van der Waals surface area contributed by atoms with Crippen molar-refractivity contribution in [1.82, 2.24) is 0 Å². The lowest BCUT2D eigenvalue weighted by atomic mass is 10.0. The minimum Gasteiger partial charge on any atom is -0.490 e. The topological polar surface area (TPSA) is 38.3 Å². The predicted octanol–water partition coefficient (Wildman–Crippen LogP) is 4.85. The molecule has 2 rings (SSSR count). The Hall–Kier alpha value is -2.29. The molecule has 1 N–H and O–H groups in total. The van der Waals surface area contributed by atoms with Gasteiger partial charge in [0.15, 0.2) is 0 Å². The maximum atomic E-state index is 12.8. The number of aryl methyl sites for hydroxylation is 2. The summed E-state index contributed by atoms with van der Waals surface area (Å²) >= 11 is 0. The molecule has 3 heteroatoms. The number of amides is 1. The highest BCUT2D eigenvalue weighted by atomic mass is 16.5. The largest absolute Gasteiger partial charge is 0.490 e. The van der Waals surface area contributed by atoms with Crippen molar-refractivity contribution >= 4 is 11.6 Å². The number of rotatable bonds is 6. The van der Waals surface area contributed by atoms with Crippen LogP contribution in [0.3, 0.4) is 0 Å². The minimum atomic E-state index is -0.128. The Balaban J connectivity index is 2.34. The van der Waals surface area contributed by atoms with Gasteiger partial charge in [0.2, 0.25) is 0 Å². The van der Waals surface area contributed by atoms with Crippen molar-refractivity contribution in [2.45, 2.75) is 46.6 Å². The van der Waals surface area contributed by atoms with Gasteiger partial charge in [-0.3, -0.25) is 4.79 Å². The molecule has 122 valence electrons. The molecule has 0 aromatic heterocycles. The summed E-state index contributed by atoms with van der Waals surface area (Å²) in [6, 6.07) is 13.5. The molecule has 0 spiro atoms. The van der Waals surface area contributed by atoms with Crippen LogP contribution >= 0.6 is 0 Å². The highest BCUT2D eigenvalue weighted by Crippen LogP contribution is 2.25. The Labute approximate surface area is 138 Å². The zero-order valence-electron chi connectivity index (χ0n) is 14.3. The van der Waals surface area contributed by atoms with E-state index >= 15 is 0 Å². The summed E-state index contributed by atoms with van der Waals surface area (Å²) in [5.41, 5.74) is 3.80. The zero-order valence-corrected chi connectivity index (χ0v) is 14.3. The highest BCUT2D eigenvalue weighted by Gasteiger charge is 2.16. The van der Waals surface area contributed by atoms with Crippen LogP contribution in [-0.2, 0) is 12.8 Å². The standard InChI is InChI=1S/C20H25NO2/c1-5-15-10-9-11-16(6-2)19(15)21-20(22)17-12-7-8-13-18(17)23-14(3)4/h7-14H,5-6H2,1-4H3,(H,21,22). The van der Waals surface area contributed by atoms with Crippen molar-refractivity contribution in [3.05, 3.63) is 59.2 Å². The lowest BCUT2D eigenvalue weighted by Gasteiger charge is -2.17. The third-order valence-corrected chi connectivity index (χ3v) is 3.73. The second kappa shape index (κ2) is 7.82. The van der Waals surface area contributed by atoms with E-state index in [1.54, 1.807) is 6.07 Å². The average molecular weight is 311 g/mol. The summed E-state index contributed by atoms with van der Waals surface area (Å²) in [7, 11) is 0. The molecule has 2 aromatic carbocycles. The monoisotopic (exact) mass is 311 g/mol. The van der Waals surface area contributed by atoms with Crippen LogP contribution in [0.25, 0.3) is 0 Å². The summed E-state index contributed by atoms with van der Waals surface area (Å²) in [6.45, 7) is 8.10. The van der Waals surface area contributed by atoms with E-state index < -0.39 is 0 Å². The van der Waals surface area contributed by atoms with E-state index in [4.69, 9.17) is 4.74 Å². The van der Waals surface area contributed by atoms with Gasteiger partial charge in [-0.1, -0.05) is 44.2 Å². The Morgan fingerprint density at radius 1 is 1.00 bits per heavy atom. The number of anilines is 1. The number of nitrogens with one attached hydrogen (secondary N) is 1. The molecule has 3 nitrogen and oxygen atoms in total. The molecule has 0 saturated heterocycles. The van der Waals surface area contributed by atoms with Crippen LogP contribution in [0.2, 0.25) is 0 Å². The highest BCUT2D eigenvalue weighted by molar-refractivity contribution is 6.07. The normalized spacial score (nSPS) is 10.7. The lowest BCUT2D eigenvalue weighted by Crippen LogP contribution is -2.17. The van der Waals surface area contributed by atoms with Crippen molar-refractivity contribution in [3.8, 4) is 5.75 Å². The van der Waals surface area contributed by atoms with Gasteiger partial charge < -0.3 is 10.1 Å². The zero-order chi connectivity index (χ0) is 16.8.